The summed E-state index contributed by atoms with van der Waals surface area (Å²) >= 11 is 0. The van der Waals surface area contributed by atoms with Gasteiger partial charge in [0.25, 0.3) is 0 Å². The number of carbonyl (C=O) groups excluding carboxylic acids is 1. The van der Waals surface area contributed by atoms with Crippen molar-refractivity contribution in [3.63, 3.8) is 0 Å². The number of nitriles is 1. The predicted molar refractivity (Wildman–Crippen MR) is 47.9 cm³/mol. The third-order valence-corrected chi connectivity index (χ3v) is 1.75. The van der Waals surface area contributed by atoms with Crippen molar-refractivity contribution >= 4 is 5.97 Å². The number of aromatic nitrogens is 1. The highest BCUT2D eigenvalue weighted by Crippen LogP contribution is 2.25. The number of ether oxygens (including phenoxy) is 1. The second kappa shape index (κ2) is 3.83. The van der Waals surface area contributed by atoms with Crippen LogP contribution < -0.4 is 0 Å². The molecule has 0 radical (unpaired) electrons. The molecular weight excluding hydrogens is 184 g/mol. The largest absolute Gasteiger partial charge is 0.504 e. The van der Waals surface area contributed by atoms with Gasteiger partial charge < -0.3 is 14.8 Å². The first-order valence-corrected chi connectivity index (χ1v) is 4.10. The molecule has 0 aromatic carbocycles. The van der Waals surface area contributed by atoms with Crippen LogP contribution >= 0.6 is 0 Å². The first-order valence-electron chi connectivity index (χ1n) is 4.10. The molecule has 0 atom stereocenters. The van der Waals surface area contributed by atoms with E-state index in [0.29, 0.717) is 5.69 Å². The maximum atomic E-state index is 11.3. The van der Waals surface area contributed by atoms with Gasteiger partial charge in [-0.2, -0.15) is 5.26 Å². The van der Waals surface area contributed by atoms with Crippen LogP contribution in [0.2, 0.25) is 0 Å². The van der Waals surface area contributed by atoms with E-state index in [9.17, 15) is 9.90 Å². The molecule has 74 valence electrons. The van der Waals surface area contributed by atoms with Gasteiger partial charge in [0.05, 0.1) is 6.61 Å². The van der Waals surface area contributed by atoms with E-state index >= 15 is 0 Å². The van der Waals surface area contributed by atoms with Crippen LogP contribution in [-0.2, 0) is 4.74 Å². The summed E-state index contributed by atoms with van der Waals surface area (Å²) in [7, 11) is 0. The van der Waals surface area contributed by atoms with Crippen LogP contribution in [0.5, 0.6) is 5.75 Å². The van der Waals surface area contributed by atoms with E-state index in [1.165, 1.54) is 0 Å². The highest BCUT2D eigenvalue weighted by molar-refractivity contribution is 5.94. The zero-order valence-corrected chi connectivity index (χ0v) is 7.92. The minimum absolute atomic E-state index is 0.0226. The van der Waals surface area contributed by atoms with Gasteiger partial charge in [0, 0.05) is 5.69 Å². The summed E-state index contributed by atoms with van der Waals surface area (Å²) < 4.78 is 4.72. The second-order valence-electron chi connectivity index (χ2n) is 2.68. The predicted octanol–water partition coefficient (Wildman–Crippen LogP) is 1.08. The number of esters is 1. The standard InChI is InChI=1S/C9H10N2O3/c1-3-14-9(13)7-5(2)11-6(4-10)8(7)12/h11-12H,3H2,1-2H3. The fourth-order valence-electron chi connectivity index (χ4n) is 1.15. The highest BCUT2D eigenvalue weighted by Gasteiger charge is 2.21. The summed E-state index contributed by atoms with van der Waals surface area (Å²) in [6.45, 7) is 3.49. The van der Waals surface area contributed by atoms with E-state index in [1.807, 2.05) is 0 Å². The average Bonchev–Trinajstić information content (AvgIpc) is 2.41. The van der Waals surface area contributed by atoms with E-state index in [0.717, 1.165) is 0 Å². The van der Waals surface area contributed by atoms with Crippen molar-refractivity contribution in [2.75, 3.05) is 6.61 Å². The van der Waals surface area contributed by atoms with E-state index in [1.54, 1.807) is 19.9 Å². The second-order valence-corrected chi connectivity index (χ2v) is 2.68. The third-order valence-electron chi connectivity index (χ3n) is 1.75. The summed E-state index contributed by atoms with van der Waals surface area (Å²) in [5, 5.41) is 18.0. The Balaban J connectivity index is 3.15. The summed E-state index contributed by atoms with van der Waals surface area (Å²) in [6, 6.07) is 1.74. The van der Waals surface area contributed by atoms with Gasteiger partial charge in [-0.25, -0.2) is 4.79 Å². The minimum Gasteiger partial charge on any atom is -0.504 e. The van der Waals surface area contributed by atoms with Gasteiger partial charge in [0.15, 0.2) is 11.4 Å². The molecule has 2 N–H and O–H groups in total. The Bertz CT molecular complexity index is 401. The molecule has 0 spiro atoms. The molecule has 1 heterocycles. The Morgan fingerprint density at radius 3 is 2.79 bits per heavy atom. The maximum Gasteiger partial charge on any atom is 0.343 e. The Morgan fingerprint density at radius 2 is 2.36 bits per heavy atom. The van der Waals surface area contributed by atoms with E-state index < -0.39 is 5.97 Å². The van der Waals surface area contributed by atoms with Crippen molar-refractivity contribution in [1.29, 1.82) is 5.26 Å². The van der Waals surface area contributed by atoms with Crippen molar-refractivity contribution in [2.24, 2.45) is 0 Å². The fraction of sp³-hybridized carbons (Fsp3) is 0.333. The van der Waals surface area contributed by atoms with Gasteiger partial charge in [0.1, 0.15) is 11.6 Å². The number of aryl methyl sites for hydroxylation is 1. The van der Waals surface area contributed by atoms with Gasteiger partial charge >= 0.3 is 5.97 Å². The first kappa shape index (κ1) is 10.1. The first-order chi connectivity index (χ1) is 6.61. The average molecular weight is 194 g/mol. The molecule has 0 aliphatic carbocycles. The molecule has 0 bridgehead atoms. The van der Waals surface area contributed by atoms with E-state index in [-0.39, 0.29) is 23.6 Å². The summed E-state index contributed by atoms with van der Waals surface area (Å²) in [4.78, 5) is 13.9. The monoisotopic (exact) mass is 194 g/mol. The molecule has 14 heavy (non-hydrogen) atoms. The third kappa shape index (κ3) is 1.55. The topological polar surface area (TPSA) is 86.1 Å². The highest BCUT2D eigenvalue weighted by atomic mass is 16.5. The molecule has 0 amide bonds. The van der Waals surface area contributed by atoms with Crippen molar-refractivity contribution in [1.82, 2.24) is 4.98 Å². The van der Waals surface area contributed by atoms with E-state index in [2.05, 4.69) is 4.98 Å². The molecule has 0 aliphatic heterocycles. The lowest BCUT2D eigenvalue weighted by Crippen LogP contribution is -2.05. The number of hydrogen-bond donors (Lipinski definition) is 2. The Kier molecular flexibility index (Phi) is 2.77. The van der Waals surface area contributed by atoms with Crippen LogP contribution in [0, 0.1) is 18.3 Å². The Morgan fingerprint density at radius 1 is 1.71 bits per heavy atom. The molecule has 0 saturated heterocycles. The van der Waals surface area contributed by atoms with Crippen LogP contribution in [0.4, 0.5) is 0 Å². The molecule has 5 nitrogen and oxygen atoms in total. The van der Waals surface area contributed by atoms with Gasteiger partial charge in [-0.1, -0.05) is 0 Å². The quantitative estimate of drug-likeness (QED) is 0.689. The molecule has 1 aromatic heterocycles. The van der Waals surface area contributed by atoms with Gasteiger partial charge in [0.2, 0.25) is 0 Å². The zero-order valence-electron chi connectivity index (χ0n) is 7.92. The Labute approximate surface area is 80.9 Å². The van der Waals surface area contributed by atoms with Crippen molar-refractivity contribution in [3.8, 4) is 11.8 Å². The number of aromatic hydroxyl groups is 1. The molecule has 0 saturated carbocycles. The maximum absolute atomic E-state index is 11.3. The lowest BCUT2D eigenvalue weighted by atomic mass is 10.2. The normalized spacial score (nSPS) is 9.50. The van der Waals surface area contributed by atoms with Crippen LogP contribution in [0.1, 0.15) is 28.7 Å². The zero-order chi connectivity index (χ0) is 10.7. The summed E-state index contributed by atoms with van der Waals surface area (Å²) in [5.41, 5.74) is 0.437. The molecule has 1 rings (SSSR count). The number of nitrogens with zero attached hydrogens (tertiary/aromatic N) is 1. The smallest absolute Gasteiger partial charge is 0.343 e. The number of hydrogen-bond acceptors (Lipinski definition) is 4. The molecule has 0 aliphatic rings. The van der Waals surface area contributed by atoms with Crippen molar-refractivity contribution < 1.29 is 14.6 Å². The number of H-pyrrole nitrogens is 1. The molecule has 0 unspecified atom stereocenters. The summed E-state index contributed by atoms with van der Waals surface area (Å²) in [5.74, 6) is -0.969. The number of nitrogens with one attached hydrogen (secondary N) is 1. The fourth-order valence-corrected chi connectivity index (χ4v) is 1.15. The van der Waals surface area contributed by atoms with Crippen LogP contribution in [0.15, 0.2) is 0 Å². The molecule has 1 aromatic rings. The van der Waals surface area contributed by atoms with Crippen molar-refractivity contribution in [2.45, 2.75) is 13.8 Å². The van der Waals surface area contributed by atoms with Crippen LogP contribution in [0.25, 0.3) is 0 Å². The van der Waals surface area contributed by atoms with Gasteiger partial charge in [-0.05, 0) is 13.8 Å². The lowest BCUT2D eigenvalue weighted by molar-refractivity contribution is 0.0522. The SMILES string of the molecule is CCOC(=O)c1c(C)[nH]c(C#N)c1O. The van der Waals surface area contributed by atoms with Gasteiger partial charge in [-0.3, -0.25) is 0 Å². The molecule has 5 heteroatoms. The molecular formula is C9H10N2O3. The Hall–Kier alpha value is -1.96. The lowest BCUT2D eigenvalue weighted by Gasteiger charge is -2.00. The summed E-state index contributed by atoms with van der Waals surface area (Å²) in [6.07, 6.45) is 0. The van der Waals surface area contributed by atoms with Crippen molar-refractivity contribution in [3.05, 3.63) is 17.0 Å². The number of rotatable bonds is 2. The van der Waals surface area contributed by atoms with E-state index in [4.69, 9.17) is 10.00 Å². The van der Waals surface area contributed by atoms with Crippen LogP contribution in [-0.4, -0.2) is 22.7 Å². The minimum atomic E-state index is -0.625. The van der Waals surface area contributed by atoms with Crippen LogP contribution in [0.3, 0.4) is 0 Å². The number of carbonyl (C=O) groups is 1. The molecule has 0 fully saturated rings. The van der Waals surface area contributed by atoms with Gasteiger partial charge in [-0.15, -0.1) is 0 Å². The number of aromatic amines is 1.